The summed E-state index contributed by atoms with van der Waals surface area (Å²) in [5.74, 6) is 0. The van der Waals surface area contributed by atoms with Crippen molar-refractivity contribution < 1.29 is 9.84 Å². The Morgan fingerprint density at radius 3 is 3.11 bits per heavy atom. The summed E-state index contributed by atoms with van der Waals surface area (Å²) in [5.41, 5.74) is 2.22. The Kier molecular flexibility index (Phi) is 3.61. The highest BCUT2D eigenvalue weighted by Crippen LogP contribution is 2.29. The summed E-state index contributed by atoms with van der Waals surface area (Å²) < 4.78 is 5.95. The van der Waals surface area contributed by atoms with E-state index in [0.29, 0.717) is 0 Å². The van der Waals surface area contributed by atoms with Crippen molar-refractivity contribution in [1.29, 1.82) is 0 Å². The zero-order valence-electron chi connectivity index (χ0n) is 11.6. The smallest absolute Gasteiger partial charge is 0.0954 e. The van der Waals surface area contributed by atoms with Crippen molar-refractivity contribution in [3.63, 3.8) is 0 Å². The average molecular weight is 261 g/mol. The van der Waals surface area contributed by atoms with Gasteiger partial charge in [-0.1, -0.05) is 24.3 Å². The van der Waals surface area contributed by atoms with E-state index in [1.807, 2.05) is 6.92 Å². The van der Waals surface area contributed by atoms with Gasteiger partial charge < -0.3 is 9.84 Å². The first-order valence-corrected chi connectivity index (χ1v) is 7.28. The van der Waals surface area contributed by atoms with Gasteiger partial charge in [-0.05, 0) is 43.9 Å². The minimum Gasteiger partial charge on any atom is -0.389 e. The van der Waals surface area contributed by atoms with Gasteiger partial charge in [-0.15, -0.1) is 0 Å². The second-order valence-corrected chi connectivity index (χ2v) is 6.14. The molecule has 2 heterocycles. The Hall–Kier alpha value is -0.900. The van der Waals surface area contributed by atoms with E-state index in [9.17, 15) is 5.11 Å². The molecule has 0 aromatic heterocycles. The molecular weight excluding hydrogens is 238 g/mol. The molecule has 1 aromatic carbocycles. The van der Waals surface area contributed by atoms with E-state index < -0.39 is 5.60 Å². The fourth-order valence-electron chi connectivity index (χ4n) is 3.34. The number of β-amino-alcohol motifs (C(OH)–C–C–N with tert-alkyl or cyclic N) is 1. The third-order valence-corrected chi connectivity index (χ3v) is 4.27. The topological polar surface area (TPSA) is 32.7 Å². The number of hydrogen-bond donors (Lipinski definition) is 1. The van der Waals surface area contributed by atoms with E-state index >= 15 is 0 Å². The molecule has 1 saturated heterocycles. The summed E-state index contributed by atoms with van der Waals surface area (Å²) in [6, 6.07) is 8.58. The van der Waals surface area contributed by atoms with E-state index in [2.05, 4.69) is 29.2 Å². The summed E-state index contributed by atoms with van der Waals surface area (Å²) in [5, 5.41) is 10.2. The lowest BCUT2D eigenvalue weighted by Gasteiger charge is -2.39. The molecule has 3 nitrogen and oxygen atoms in total. The SMILES string of the molecule is CC1(O)CCCN(CC2OCCc3ccccc32)C1. The Morgan fingerprint density at radius 1 is 1.42 bits per heavy atom. The van der Waals surface area contributed by atoms with Crippen LogP contribution in [0.25, 0.3) is 0 Å². The number of benzene rings is 1. The Morgan fingerprint density at radius 2 is 2.26 bits per heavy atom. The summed E-state index contributed by atoms with van der Waals surface area (Å²) >= 11 is 0. The molecule has 0 amide bonds. The van der Waals surface area contributed by atoms with Gasteiger partial charge in [0.05, 0.1) is 18.3 Å². The normalized spacial score (nSPS) is 32.0. The van der Waals surface area contributed by atoms with Crippen LogP contribution in [-0.4, -0.2) is 41.8 Å². The number of nitrogens with zero attached hydrogens (tertiary/aromatic N) is 1. The zero-order chi connectivity index (χ0) is 13.3. The molecule has 2 aliphatic heterocycles. The molecule has 0 radical (unpaired) electrons. The van der Waals surface area contributed by atoms with Gasteiger partial charge in [0.25, 0.3) is 0 Å². The lowest BCUT2D eigenvalue weighted by atomic mass is 9.93. The van der Waals surface area contributed by atoms with E-state index in [1.165, 1.54) is 11.1 Å². The van der Waals surface area contributed by atoms with E-state index in [1.54, 1.807) is 0 Å². The van der Waals surface area contributed by atoms with Crippen molar-refractivity contribution in [3.8, 4) is 0 Å². The molecule has 1 N–H and O–H groups in total. The number of ether oxygens (including phenoxy) is 1. The van der Waals surface area contributed by atoms with Crippen LogP contribution in [0.4, 0.5) is 0 Å². The number of fused-ring (bicyclic) bond motifs is 1. The zero-order valence-corrected chi connectivity index (χ0v) is 11.6. The molecule has 104 valence electrons. The number of hydrogen-bond acceptors (Lipinski definition) is 3. The van der Waals surface area contributed by atoms with E-state index in [4.69, 9.17) is 4.74 Å². The minimum absolute atomic E-state index is 0.166. The van der Waals surface area contributed by atoms with Crippen LogP contribution in [0.5, 0.6) is 0 Å². The predicted octanol–water partition coefficient (Wildman–Crippen LogP) is 2.15. The summed E-state index contributed by atoms with van der Waals surface area (Å²) in [7, 11) is 0. The molecule has 3 heteroatoms. The first kappa shape index (κ1) is 13.1. The van der Waals surface area contributed by atoms with Gasteiger partial charge in [0, 0.05) is 13.1 Å². The number of aliphatic hydroxyl groups is 1. The molecule has 19 heavy (non-hydrogen) atoms. The molecule has 0 saturated carbocycles. The summed E-state index contributed by atoms with van der Waals surface area (Å²) in [6.45, 7) is 5.47. The van der Waals surface area contributed by atoms with Gasteiger partial charge in [-0.3, -0.25) is 4.90 Å². The Labute approximate surface area is 115 Å². The van der Waals surface area contributed by atoms with Crippen molar-refractivity contribution in [2.75, 3.05) is 26.2 Å². The number of rotatable bonds is 2. The Balaban J connectivity index is 1.71. The van der Waals surface area contributed by atoms with Crippen LogP contribution >= 0.6 is 0 Å². The van der Waals surface area contributed by atoms with Gasteiger partial charge in [-0.2, -0.15) is 0 Å². The molecule has 0 aliphatic carbocycles. The van der Waals surface area contributed by atoms with Crippen LogP contribution < -0.4 is 0 Å². The lowest BCUT2D eigenvalue weighted by molar-refractivity contribution is -0.0436. The number of piperidine rings is 1. The molecule has 2 aliphatic rings. The number of likely N-dealkylation sites (tertiary alicyclic amines) is 1. The molecule has 2 unspecified atom stereocenters. The van der Waals surface area contributed by atoms with Crippen molar-refractivity contribution in [3.05, 3.63) is 35.4 Å². The van der Waals surface area contributed by atoms with Crippen molar-refractivity contribution >= 4 is 0 Å². The third-order valence-electron chi connectivity index (χ3n) is 4.27. The highest BCUT2D eigenvalue weighted by Gasteiger charge is 2.31. The standard InChI is InChI=1S/C16H23NO2/c1-16(18)8-4-9-17(12-16)11-15-14-6-3-2-5-13(14)7-10-19-15/h2-3,5-6,15,18H,4,7-12H2,1H3. The van der Waals surface area contributed by atoms with Crippen LogP contribution in [0.3, 0.4) is 0 Å². The second kappa shape index (κ2) is 5.23. The fraction of sp³-hybridized carbons (Fsp3) is 0.625. The van der Waals surface area contributed by atoms with Crippen molar-refractivity contribution in [2.45, 2.75) is 37.9 Å². The van der Waals surface area contributed by atoms with Crippen LogP contribution in [0.15, 0.2) is 24.3 Å². The van der Waals surface area contributed by atoms with Crippen molar-refractivity contribution in [2.24, 2.45) is 0 Å². The molecule has 1 aromatic rings. The van der Waals surface area contributed by atoms with Gasteiger partial charge in [0.2, 0.25) is 0 Å². The van der Waals surface area contributed by atoms with E-state index in [-0.39, 0.29) is 6.10 Å². The molecule has 3 rings (SSSR count). The fourth-order valence-corrected chi connectivity index (χ4v) is 3.34. The van der Waals surface area contributed by atoms with Crippen LogP contribution in [0.2, 0.25) is 0 Å². The van der Waals surface area contributed by atoms with Gasteiger partial charge in [-0.25, -0.2) is 0 Å². The maximum absolute atomic E-state index is 10.2. The molecule has 0 spiro atoms. The molecule has 2 atom stereocenters. The maximum atomic E-state index is 10.2. The van der Waals surface area contributed by atoms with Crippen LogP contribution in [0, 0.1) is 0 Å². The van der Waals surface area contributed by atoms with Crippen molar-refractivity contribution in [1.82, 2.24) is 4.90 Å². The summed E-state index contributed by atoms with van der Waals surface area (Å²) in [4.78, 5) is 2.34. The largest absolute Gasteiger partial charge is 0.389 e. The third kappa shape index (κ3) is 2.99. The van der Waals surface area contributed by atoms with Gasteiger partial charge in [0.1, 0.15) is 0 Å². The summed E-state index contributed by atoms with van der Waals surface area (Å²) in [6.07, 6.45) is 3.16. The predicted molar refractivity (Wildman–Crippen MR) is 75.1 cm³/mol. The molecular formula is C16H23NO2. The molecule has 0 bridgehead atoms. The maximum Gasteiger partial charge on any atom is 0.0954 e. The van der Waals surface area contributed by atoms with Crippen LogP contribution in [-0.2, 0) is 11.2 Å². The second-order valence-electron chi connectivity index (χ2n) is 6.14. The highest BCUT2D eigenvalue weighted by atomic mass is 16.5. The monoisotopic (exact) mass is 261 g/mol. The first-order valence-electron chi connectivity index (χ1n) is 7.28. The van der Waals surface area contributed by atoms with Gasteiger partial charge in [0.15, 0.2) is 0 Å². The highest BCUT2D eigenvalue weighted by molar-refractivity contribution is 5.31. The van der Waals surface area contributed by atoms with E-state index in [0.717, 1.165) is 45.5 Å². The minimum atomic E-state index is -0.535. The van der Waals surface area contributed by atoms with Crippen LogP contribution in [0.1, 0.15) is 37.0 Å². The lowest BCUT2D eigenvalue weighted by Crippen LogP contribution is -2.47. The average Bonchev–Trinajstić information content (AvgIpc) is 2.38. The quantitative estimate of drug-likeness (QED) is 0.885. The first-order chi connectivity index (χ1) is 9.14. The molecule has 1 fully saturated rings. The Bertz CT molecular complexity index is 444. The van der Waals surface area contributed by atoms with Gasteiger partial charge >= 0.3 is 0 Å².